The highest BCUT2D eigenvalue weighted by Crippen LogP contribution is 2.29. The number of nitrogens with one attached hydrogen (secondary N) is 2. The Morgan fingerprint density at radius 2 is 2.00 bits per heavy atom. The number of amides is 1. The summed E-state index contributed by atoms with van der Waals surface area (Å²) in [5.41, 5.74) is 0.393. The Morgan fingerprint density at radius 3 is 2.76 bits per heavy atom. The zero-order valence-electron chi connectivity index (χ0n) is 11.6. The highest BCUT2D eigenvalue weighted by atomic mass is 35.5. The molecule has 1 aromatic carbocycles. The molecule has 0 bridgehead atoms. The fraction of sp³-hybridized carbons (Fsp3) is 0.375. The molecule has 0 spiro atoms. The SMILES string of the molecule is O=C(Nc1cc2cc[nH]c(=O)c2cc1Cl)C1CCCCC1. The van der Waals surface area contributed by atoms with Crippen molar-refractivity contribution in [2.24, 2.45) is 5.92 Å². The lowest BCUT2D eigenvalue weighted by atomic mass is 9.88. The maximum atomic E-state index is 12.3. The molecule has 110 valence electrons. The molecule has 1 aromatic heterocycles. The van der Waals surface area contributed by atoms with Crippen molar-refractivity contribution in [2.75, 3.05) is 5.32 Å². The third-order valence-electron chi connectivity index (χ3n) is 4.09. The smallest absolute Gasteiger partial charge is 0.255 e. The monoisotopic (exact) mass is 304 g/mol. The minimum absolute atomic E-state index is 0.0285. The first-order valence-corrected chi connectivity index (χ1v) is 7.65. The molecule has 1 heterocycles. The van der Waals surface area contributed by atoms with E-state index in [1.165, 1.54) is 6.42 Å². The number of anilines is 1. The number of aromatic amines is 1. The second-order valence-corrected chi connectivity index (χ2v) is 5.96. The van der Waals surface area contributed by atoms with Crippen LogP contribution in [0.1, 0.15) is 32.1 Å². The van der Waals surface area contributed by atoms with E-state index in [-0.39, 0.29) is 17.4 Å². The van der Waals surface area contributed by atoms with Gasteiger partial charge in [0.15, 0.2) is 0 Å². The van der Waals surface area contributed by atoms with E-state index in [1.54, 1.807) is 24.4 Å². The summed E-state index contributed by atoms with van der Waals surface area (Å²) >= 11 is 6.19. The number of rotatable bonds is 2. The Kier molecular flexibility index (Phi) is 3.97. The predicted molar refractivity (Wildman–Crippen MR) is 84.8 cm³/mol. The standard InChI is InChI=1S/C16H17ClN2O2/c17-13-9-12-11(6-7-18-16(12)21)8-14(13)19-15(20)10-4-2-1-3-5-10/h6-10H,1-5H2,(H,18,21)(H,19,20). The Bertz CT molecular complexity index is 733. The number of aromatic nitrogens is 1. The lowest BCUT2D eigenvalue weighted by Gasteiger charge is -2.21. The van der Waals surface area contributed by atoms with Crippen LogP contribution < -0.4 is 10.9 Å². The van der Waals surface area contributed by atoms with Crippen molar-refractivity contribution >= 4 is 34.0 Å². The van der Waals surface area contributed by atoms with Crippen LogP contribution in [-0.4, -0.2) is 10.9 Å². The van der Waals surface area contributed by atoms with Crippen LogP contribution in [0.2, 0.25) is 5.02 Å². The highest BCUT2D eigenvalue weighted by Gasteiger charge is 2.21. The minimum atomic E-state index is -0.181. The molecule has 0 atom stereocenters. The van der Waals surface area contributed by atoms with Gasteiger partial charge in [-0.25, -0.2) is 0 Å². The van der Waals surface area contributed by atoms with Gasteiger partial charge in [0.25, 0.3) is 5.56 Å². The summed E-state index contributed by atoms with van der Waals surface area (Å²) in [7, 11) is 0. The van der Waals surface area contributed by atoms with Gasteiger partial charge >= 0.3 is 0 Å². The van der Waals surface area contributed by atoms with Gasteiger partial charge in [-0.15, -0.1) is 0 Å². The Labute approximate surface area is 127 Å². The molecule has 3 rings (SSSR count). The molecule has 2 N–H and O–H groups in total. The second kappa shape index (κ2) is 5.90. The van der Waals surface area contributed by atoms with Crippen LogP contribution in [0.5, 0.6) is 0 Å². The van der Waals surface area contributed by atoms with E-state index in [4.69, 9.17) is 11.6 Å². The Morgan fingerprint density at radius 1 is 1.24 bits per heavy atom. The lowest BCUT2D eigenvalue weighted by Crippen LogP contribution is -2.24. The average molecular weight is 305 g/mol. The van der Waals surface area contributed by atoms with Gasteiger partial charge in [0.1, 0.15) is 0 Å². The van der Waals surface area contributed by atoms with Crippen LogP contribution in [0, 0.1) is 5.92 Å². The van der Waals surface area contributed by atoms with Crippen molar-refractivity contribution in [3.63, 3.8) is 0 Å². The number of hydrogen-bond donors (Lipinski definition) is 2. The quantitative estimate of drug-likeness (QED) is 0.888. The zero-order chi connectivity index (χ0) is 14.8. The fourth-order valence-electron chi connectivity index (χ4n) is 2.90. The Hall–Kier alpha value is -1.81. The number of pyridine rings is 1. The van der Waals surface area contributed by atoms with E-state index < -0.39 is 0 Å². The average Bonchev–Trinajstić information content (AvgIpc) is 2.50. The molecule has 21 heavy (non-hydrogen) atoms. The molecule has 0 unspecified atom stereocenters. The molecular weight excluding hydrogens is 288 g/mol. The largest absolute Gasteiger partial charge is 0.329 e. The van der Waals surface area contributed by atoms with Crippen LogP contribution in [-0.2, 0) is 4.79 Å². The van der Waals surface area contributed by atoms with Gasteiger partial charge < -0.3 is 10.3 Å². The number of benzene rings is 1. The number of hydrogen-bond acceptors (Lipinski definition) is 2. The number of halogens is 1. The van der Waals surface area contributed by atoms with Crippen LogP contribution in [0.25, 0.3) is 10.8 Å². The molecule has 4 nitrogen and oxygen atoms in total. The van der Waals surface area contributed by atoms with Crippen LogP contribution in [0.15, 0.2) is 29.2 Å². The molecule has 5 heteroatoms. The Balaban J connectivity index is 1.88. The van der Waals surface area contributed by atoms with Crippen LogP contribution >= 0.6 is 11.6 Å². The molecule has 1 aliphatic rings. The summed E-state index contributed by atoms with van der Waals surface area (Å²) in [4.78, 5) is 26.6. The normalized spacial score (nSPS) is 16.0. The number of H-pyrrole nitrogens is 1. The second-order valence-electron chi connectivity index (χ2n) is 5.55. The van der Waals surface area contributed by atoms with Crippen molar-refractivity contribution < 1.29 is 4.79 Å². The zero-order valence-corrected chi connectivity index (χ0v) is 12.4. The van der Waals surface area contributed by atoms with E-state index in [1.807, 2.05) is 0 Å². The molecule has 0 saturated heterocycles. The first-order valence-electron chi connectivity index (χ1n) is 7.27. The first-order chi connectivity index (χ1) is 10.1. The summed E-state index contributed by atoms with van der Waals surface area (Å²) in [5, 5.41) is 4.59. The third kappa shape index (κ3) is 2.95. The van der Waals surface area contributed by atoms with Gasteiger partial charge in [-0.2, -0.15) is 0 Å². The van der Waals surface area contributed by atoms with Gasteiger partial charge in [-0.3, -0.25) is 9.59 Å². The van der Waals surface area contributed by atoms with E-state index in [9.17, 15) is 9.59 Å². The highest BCUT2D eigenvalue weighted by molar-refractivity contribution is 6.34. The van der Waals surface area contributed by atoms with Gasteiger partial charge in [-0.05, 0) is 36.4 Å². The fourth-order valence-corrected chi connectivity index (χ4v) is 3.12. The summed E-state index contributed by atoms with van der Waals surface area (Å²) in [6, 6.07) is 5.16. The van der Waals surface area contributed by atoms with Gasteiger partial charge in [0.05, 0.1) is 10.7 Å². The van der Waals surface area contributed by atoms with E-state index in [2.05, 4.69) is 10.3 Å². The van der Waals surface area contributed by atoms with E-state index in [0.717, 1.165) is 31.1 Å². The van der Waals surface area contributed by atoms with E-state index >= 15 is 0 Å². The van der Waals surface area contributed by atoms with Crippen molar-refractivity contribution in [2.45, 2.75) is 32.1 Å². The van der Waals surface area contributed by atoms with Crippen molar-refractivity contribution in [3.05, 3.63) is 39.8 Å². The maximum Gasteiger partial charge on any atom is 0.255 e. The predicted octanol–water partition coefficient (Wildman–Crippen LogP) is 3.70. The molecule has 1 fully saturated rings. The summed E-state index contributed by atoms with van der Waals surface area (Å²) < 4.78 is 0. The molecule has 0 aliphatic heterocycles. The summed E-state index contributed by atoms with van der Waals surface area (Å²) in [5.74, 6) is 0.102. The summed E-state index contributed by atoms with van der Waals surface area (Å²) in [6.45, 7) is 0. The third-order valence-corrected chi connectivity index (χ3v) is 4.41. The van der Waals surface area contributed by atoms with Crippen molar-refractivity contribution in [1.82, 2.24) is 4.98 Å². The maximum absolute atomic E-state index is 12.3. The molecule has 1 saturated carbocycles. The molecule has 0 radical (unpaired) electrons. The van der Waals surface area contributed by atoms with Crippen LogP contribution in [0.3, 0.4) is 0 Å². The van der Waals surface area contributed by atoms with Gasteiger partial charge in [0, 0.05) is 17.5 Å². The van der Waals surface area contributed by atoms with Crippen LogP contribution in [0.4, 0.5) is 5.69 Å². The number of carbonyl (C=O) groups is 1. The first kappa shape index (κ1) is 14.1. The van der Waals surface area contributed by atoms with E-state index in [0.29, 0.717) is 16.1 Å². The number of fused-ring (bicyclic) bond motifs is 1. The molecule has 1 amide bonds. The van der Waals surface area contributed by atoms with Crippen molar-refractivity contribution in [1.29, 1.82) is 0 Å². The lowest BCUT2D eigenvalue weighted by molar-refractivity contribution is -0.120. The number of carbonyl (C=O) groups excluding carboxylic acids is 1. The topological polar surface area (TPSA) is 62.0 Å². The molecule has 2 aromatic rings. The molecular formula is C16H17ClN2O2. The van der Waals surface area contributed by atoms with Gasteiger partial charge in [-0.1, -0.05) is 30.9 Å². The minimum Gasteiger partial charge on any atom is -0.329 e. The summed E-state index contributed by atoms with van der Waals surface area (Å²) in [6.07, 6.45) is 6.90. The van der Waals surface area contributed by atoms with Gasteiger partial charge in [0.2, 0.25) is 5.91 Å². The molecule has 1 aliphatic carbocycles. The van der Waals surface area contributed by atoms with Crippen molar-refractivity contribution in [3.8, 4) is 0 Å².